The number of likely N-dealkylation sites (tertiary alicyclic amines) is 1. The molecule has 3 aliphatic heterocycles. The largest absolute Gasteiger partial charge is 0.369 e. The van der Waals surface area contributed by atoms with Crippen LogP contribution in [0.25, 0.3) is 0 Å². The number of carbonyl (C=O) groups excluding carboxylic acids is 2. The molecule has 3 aromatic rings. The van der Waals surface area contributed by atoms with Gasteiger partial charge in [0.15, 0.2) is 0 Å². The molecule has 9 heteroatoms. The van der Waals surface area contributed by atoms with Crippen LogP contribution in [0, 0.1) is 5.41 Å². The summed E-state index contributed by atoms with van der Waals surface area (Å²) in [5.74, 6) is 0.0644. The zero-order chi connectivity index (χ0) is 23.2. The predicted octanol–water partition coefficient (Wildman–Crippen LogP) is 3.08. The highest BCUT2D eigenvalue weighted by molar-refractivity contribution is 6.31. The highest BCUT2D eigenvalue weighted by Gasteiger charge is 2.59. The third-order valence-corrected chi connectivity index (χ3v) is 7.98. The topological polar surface area (TPSA) is 74.6 Å². The second kappa shape index (κ2) is 6.60. The number of nitrogens with zero attached hydrogens (tertiary/aromatic N) is 6. The van der Waals surface area contributed by atoms with Gasteiger partial charge < -0.3 is 9.80 Å². The molecule has 0 atom stereocenters. The molecule has 1 aliphatic carbocycles. The van der Waals surface area contributed by atoms with E-state index in [2.05, 4.69) is 21.0 Å². The van der Waals surface area contributed by atoms with E-state index in [1.807, 2.05) is 35.2 Å². The first kappa shape index (κ1) is 20.0. The van der Waals surface area contributed by atoms with E-state index in [1.54, 1.807) is 29.3 Å². The van der Waals surface area contributed by atoms with Crippen LogP contribution in [-0.2, 0) is 12.6 Å². The van der Waals surface area contributed by atoms with E-state index in [4.69, 9.17) is 11.6 Å². The van der Waals surface area contributed by atoms with Gasteiger partial charge >= 0.3 is 0 Å². The number of aryl methyl sites for hydroxylation is 1. The quantitative estimate of drug-likeness (QED) is 0.583. The molecule has 1 aromatic carbocycles. The van der Waals surface area contributed by atoms with Crippen LogP contribution in [0.1, 0.15) is 39.1 Å². The van der Waals surface area contributed by atoms with E-state index in [1.165, 1.54) is 0 Å². The molecule has 0 unspecified atom stereocenters. The van der Waals surface area contributed by atoms with Gasteiger partial charge in [0.1, 0.15) is 0 Å². The fourth-order valence-corrected chi connectivity index (χ4v) is 6.15. The van der Waals surface area contributed by atoms with Crippen molar-refractivity contribution < 1.29 is 9.59 Å². The summed E-state index contributed by atoms with van der Waals surface area (Å²) in [5.41, 5.74) is 4.11. The number of fused-ring (bicyclic) bond motifs is 2. The van der Waals surface area contributed by atoms with Crippen LogP contribution >= 0.6 is 11.6 Å². The van der Waals surface area contributed by atoms with Gasteiger partial charge in [0, 0.05) is 55.4 Å². The van der Waals surface area contributed by atoms with Crippen molar-refractivity contribution in [1.29, 1.82) is 0 Å². The van der Waals surface area contributed by atoms with Crippen molar-refractivity contribution in [2.45, 2.75) is 18.4 Å². The molecule has 172 valence electrons. The predicted molar refractivity (Wildman–Crippen MR) is 127 cm³/mol. The van der Waals surface area contributed by atoms with Gasteiger partial charge in [-0.1, -0.05) is 11.6 Å². The monoisotopic (exact) mass is 474 g/mol. The molecule has 0 N–H and O–H groups in total. The van der Waals surface area contributed by atoms with Gasteiger partial charge in [-0.15, -0.1) is 0 Å². The van der Waals surface area contributed by atoms with Crippen molar-refractivity contribution >= 4 is 34.8 Å². The number of hydrogen-bond acceptors (Lipinski definition) is 5. The van der Waals surface area contributed by atoms with E-state index >= 15 is 0 Å². The van der Waals surface area contributed by atoms with Gasteiger partial charge in [0.2, 0.25) is 0 Å². The maximum atomic E-state index is 13.3. The van der Waals surface area contributed by atoms with Gasteiger partial charge in [0.25, 0.3) is 11.8 Å². The fraction of sp³-hybridized carbons (Fsp3) is 0.360. The Bertz CT molecular complexity index is 1370. The van der Waals surface area contributed by atoms with E-state index in [0.29, 0.717) is 10.6 Å². The molecule has 2 amide bonds. The first-order chi connectivity index (χ1) is 16.4. The summed E-state index contributed by atoms with van der Waals surface area (Å²) < 4.78 is 1.65. The molecule has 0 bridgehead atoms. The molecule has 4 aliphatic rings. The molecule has 8 nitrogen and oxygen atoms in total. The standard InChI is InChI=1S/C25H23ClN6O2/c1-29-11-16(8-28-29)22(33)31-14-24(15-31)12-30(13-24)18-7-19(10-27-9-18)32-23(34)20-3-2-17(26)6-21(20)25(32)4-5-25/h2-3,6-11H,4-5,12-15H2,1H3. The lowest BCUT2D eigenvalue weighted by Crippen LogP contribution is -2.73. The zero-order valence-electron chi connectivity index (χ0n) is 18.7. The third-order valence-electron chi connectivity index (χ3n) is 7.74. The summed E-state index contributed by atoms with van der Waals surface area (Å²) >= 11 is 6.25. The van der Waals surface area contributed by atoms with Gasteiger partial charge in [0.05, 0.1) is 41.1 Å². The number of amides is 2. The van der Waals surface area contributed by atoms with Crippen LogP contribution in [-0.4, -0.2) is 57.7 Å². The minimum absolute atomic E-state index is 0.0201. The minimum atomic E-state index is -0.283. The van der Waals surface area contributed by atoms with E-state index in [9.17, 15) is 9.59 Å². The van der Waals surface area contributed by atoms with Crippen molar-refractivity contribution in [3.8, 4) is 0 Å². The van der Waals surface area contributed by atoms with Crippen LogP contribution in [0.2, 0.25) is 5.02 Å². The molecule has 3 fully saturated rings. The molecule has 2 spiro atoms. The van der Waals surface area contributed by atoms with Gasteiger partial charge in [-0.3, -0.25) is 24.2 Å². The van der Waals surface area contributed by atoms with Crippen LogP contribution in [0.4, 0.5) is 11.4 Å². The molecule has 34 heavy (non-hydrogen) atoms. The Hall–Kier alpha value is -3.39. The summed E-state index contributed by atoms with van der Waals surface area (Å²) in [6.45, 7) is 3.27. The van der Waals surface area contributed by atoms with Crippen LogP contribution in [0.3, 0.4) is 0 Å². The maximum absolute atomic E-state index is 13.3. The third kappa shape index (κ3) is 2.72. The molecule has 2 saturated heterocycles. The van der Waals surface area contributed by atoms with Crippen molar-refractivity contribution in [2.75, 3.05) is 36.0 Å². The Morgan fingerprint density at radius 1 is 1.03 bits per heavy atom. The van der Waals surface area contributed by atoms with Gasteiger partial charge in [-0.05, 0) is 42.7 Å². The Morgan fingerprint density at radius 3 is 2.50 bits per heavy atom. The molecular weight excluding hydrogens is 452 g/mol. The van der Waals surface area contributed by atoms with Gasteiger partial charge in [-0.25, -0.2) is 0 Å². The highest BCUT2D eigenvalue weighted by atomic mass is 35.5. The average Bonchev–Trinajstić information content (AvgIpc) is 3.37. The fourth-order valence-electron chi connectivity index (χ4n) is 5.98. The van der Waals surface area contributed by atoms with E-state index in [-0.39, 0.29) is 22.8 Å². The Kier molecular flexibility index (Phi) is 3.89. The van der Waals surface area contributed by atoms with Crippen molar-refractivity contribution in [2.24, 2.45) is 12.5 Å². The molecule has 7 rings (SSSR count). The van der Waals surface area contributed by atoms with E-state index < -0.39 is 0 Å². The second-order valence-corrected chi connectivity index (χ2v) is 10.6. The number of pyridine rings is 1. The van der Waals surface area contributed by atoms with Crippen molar-refractivity contribution in [3.05, 3.63) is 70.8 Å². The smallest absolute Gasteiger partial charge is 0.259 e. The number of aromatic nitrogens is 3. The lowest BCUT2D eigenvalue weighted by atomic mass is 9.72. The Morgan fingerprint density at radius 2 is 1.79 bits per heavy atom. The highest BCUT2D eigenvalue weighted by Crippen LogP contribution is 2.58. The molecular formula is C25H23ClN6O2. The number of benzene rings is 1. The zero-order valence-corrected chi connectivity index (χ0v) is 19.5. The van der Waals surface area contributed by atoms with E-state index in [0.717, 1.165) is 61.5 Å². The summed E-state index contributed by atoms with van der Waals surface area (Å²) in [5, 5.41) is 4.76. The number of anilines is 2. The van der Waals surface area contributed by atoms with Crippen LogP contribution in [0.15, 0.2) is 49.1 Å². The first-order valence-electron chi connectivity index (χ1n) is 11.5. The SMILES string of the molecule is Cn1cc(C(=O)N2CC3(C2)CN(c2cncc(N4C(=O)c5ccc(Cl)cc5C45CC5)c2)C3)cn1. The average molecular weight is 475 g/mol. The molecule has 0 radical (unpaired) electrons. The molecule has 5 heterocycles. The summed E-state index contributed by atoms with van der Waals surface area (Å²) in [6.07, 6.45) is 8.89. The van der Waals surface area contributed by atoms with Crippen LogP contribution < -0.4 is 9.80 Å². The summed E-state index contributed by atoms with van der Waals surface area (Å²) in [4.78, 5) is 36.5. The number of halogens is 1. The number of rotatable bonds is 3. The molecule has 1 saturated carbocycles. The Labute approximate surface area is 201 Å². The Balaban J connectivity index is 1.07. The minimum Gasteiger partial charge on any atom is -0.369 e. The normalized spacial score (nSPS) is 21.0. The first-order valence-corrected chi connectivity index (χ1v) is 11.9. The summed E-state index contributed by atoms with van der Waals surface area (Å²) in [7, 11) is 1.81. The van der Waals surface area contributed by atoms with Crippen LogP contribution in [0.5, 0.6) is 0 Å². The maximum Gasteiger partial charge on any atom is 0.259 e. The number of hydrogen-bond donors (Lipinski definition) is 0. The van der Waals surface area contributed by atoms with Gasteiger partial charge in [-0.2, -0.15) is 5.10 Å². The number of carbonyl (C=O) groups is 2. The summed E-state index contributed by atoms with van der Waals surface area (Å²) in [6, 6.07) is 7.63. The van der Waals surface area contributed by atoms with Crippen molar-refractivity contribution in [1.82, 2.24) is 19.7 Å². The molecule has 2 aromatic heterocycles. The second-order valence-electron chi connectivity index (χ2n) is 10.2. The lowest BCUT2D eigenvalue weighted by molar-refractivity contribution is -0.0105. The lowest BCUT2D eigenvalue weighted by Gasteiger charge is -2.60. The van der Waals surface area contributed by atoms with Crippen molar-refractivity contribution in [3.63, 3.8) is 0 Å².